The van der Waals surface area contributed by atoms with Crippen molar-refractivity contribution < 1.29 is 14.2 Å². The Morgan fingerprint density at radius 1 is 1.21 bits per heavy atom. The molecule has 1 aliphatic heterocycles. The van der Waals surface area contributed by atoms with Gasteiger partial charge >= 0.3 is 0 Å². The molecule has 24 heavy (non-hydrogen) atoms. The highest BCUT2D eigenvalue weighted by atomic mass is 16.5. The van der Waals surface area contributed by atoms with E-state index in [1.807, 2.05) is 18.3 Å². The van der Waals surface area contributed by atoms with E-state index in [0.717, 1.165) is 31.1 Å². The fourth-order valence-corrected chi connectivity index (χ4v) is 3.12. The van der Waals surface area contributed by atoms with Crippen molar-refractivity contribution in [3.8, 4) is 5.75 Å². The van der Waals surface area contributed by atoms with Crippen LogP contribution in [0.15, 0.2) is 36.7 Å². The quantitative estimate of drug-likeness (QED) is 0.753. The molecule has 1 unspecified atom stereocenters. The molecule has 0 bridgehead atoms. The summed E-state index contributed by atoms with van der Waals surface area (Å²) in [5.41, 5.74) is 1.25. The van der Waals surface area contributed by atoms with Gasteiger partial charge in [0, 0.05) is 39.7 Å². The molecule has 6 heteroatoms. The van der Waals surface area contributed by atoms with Crippen LogP contribution in [0.3, 0.4) is 0 Å². The molecule has 1 fully saturated rings. The van der Waals surface area contributed by atoms with Gasteiger partial charge < -0.3 is 19.2 Å². The Balaban J connectivity index is 1.63. The van der Waals surface area contributed by atoms with Crippen LogP contribution in [0.4, 0.5) is 0 Å². The van der Waals surface area contributed by atoms with Crippen LogP contribution in [0, 0.1) is 0 Å². The zero-order chi connectivity index (χ0) is 16.8. The average molecular weight is 331 g/mol. The number of hydrogen-bond donors (Lipinski definition) is 1. The topological polar surface area (TPSA) is 59.6 Å². The summed E-state index contributed by atoms with van der Waals surface area (Å²) in [6, 6.07) is 8.51. The van der Waals surface area contributed by atoms with Crippen LogP contribution in [0.1, 0.15) is 23.9 Å². The van der Waals surface area contributed by atoms with E-state index >= 15 is 0 Å². The van der Waals surface area contributed by atoms with E-state index in [4.69, 9.17) is 14.2 Å². The van der Waals surface area contributed by atoms with Crippen molar-refractivity contribution in [3.63, 3.8) is 0 Å². The second-order valence-corrected chi connectivity index (χ2v) is 6.00. The molecule has 0 radical (unpaired) electrons. The second-order valence-electron chi connectivity index (χ2n) is 6.00. The summed E-state index contributed by atoms with van der Waals surface area (Å²) in [4.78, 5) is 10.1. The number of methoxy groups -OCH3 is 2. The number of aromatic nitrogens is 2. The Morgan fingerprint density at radius 3 is 2.71 bits per heavy atom. The largest absolute Gasteiger partial charge is 0.491 e. The van der Waals surface area contributed by atoms with Gasteiger partial charge in [-0.1, -0.05) is 12.1 Å². The number of nitrogens with zero attached hydrogens (tertiary/aromatic N) is 2. The molecule has 2 heterocycles. The van der Waals surface area contributed by atoms with Crippen molar-refractivity contribution >= 4 is 0 Å². The molecule has 1 aliphatic rings. The number of ether oxygens (including phenoxy) is 3. The van der Waals surface area contributed by atoms with Gasteiger partial charge in [0.15, 0.2) is 0 Å². The third-order valence-corrected chi connectivity index (χ3v) is 4.40. The molecule has 130 valence electrons. The van der Waals surface area contributed by atoms with E-state index in [-0.39, 0.29) is 12.1 Å². The fraction of sp³-hybridized carbons (Fsp3) is 0.500. The molecule has 2 atom stereocenters. The predicted molar refractivity (Wildman–Crippen MR) is 91.0 cm³/mol. The van der Waals surface area contributed by atoms with Gasteiger partial charge in [0.2, 0.25) is 0 Å². The maximum atomic E-state index is 5.61. The third-order valence-electron chi connectivity index (χ3n) is 4.40. The van der Waals surface area contributed by atoms with E-state index < -0.39 is 0 Å². The Kier molecular flexibility index (Phi) is 5.85. The van der Waals surface area contributed by atoms with Crippen LogP contribution >= 0.6 is 0 Å². The SMILES string of the molecule is COCCOc1ccc(CN2C[C@H](OC)CC2c2ncc[nH]2)cc1. The van der Waals surface area contributed by atoms with Crippen LogP contribution in [0.2, 0.25) is 0 Å². The molecule has 1 aromatic carbocycles. The lowest BCUT2D eigenvalue weighted by atomic mass is 10.1. The molecule has 6 nitrogen and oxygen atoms in total. The lowest BCUT2D eigenvalue weighted by Gasteiger charge is -2.22. The third kappa shape index (κ3) is 4.14. The van der Waals surface area contributed by atoms with Crippen LogP contribution in [0.25, 0.3) is 0 Å². The number of nitrogens with one attached hydrogen (secondary N) is 1. The van der Waals surface area contributed by atoms with Crippen molar-refractivity contribution in [1.29, 1.82) is 0 Å². The van der Waals surface area contributed by atoms with Crippen molar-refractivity contribution in [2.24, 2.45) is 0 Å². The number of likely N-dealkylation sites (tertiary alicyclic amines) is 1. The first kappa shape index (κ1) is 17.0. The molecule has 1 aromatic heterocycles. The number of H-pyrrole nitrogens is 1. The van der Waals surface area contributed by atoms with Gasteiger partial charge in [-0.25, -0.2) is 4.98 Å². The predicted octanol–water partition coefficient (Wildman–Crippen LogP) is 2.40. The lowest BCUT2D eigenvalue weighted by molar-refractivity contribution is 0.107. The maximum absolute atomic E-state index is 5.61. The molecule has 2 aromatic rings. The first-order chi connectivity index (χ1) is 11.8. The average Bonchev–Trinajstić information content (AvgIpc) is 3.26. The summed E-state index contributed by atoms with van der Waals surface area (Å²) in [7, 11) is 3.45. The molecule has 1 saturated heterocycles. The molecule has 1 N–H and O–H groups in total. The highest BCUT2D eigenvalue weighted by Gasteiger charge is 2.34. The Morgan fingerprint density at radius 2 is 2.04 bits per heavy atom. The molecule has 0 spiro atoms. The minimum atomic E-state index is 0.247. The maximum Gasteiger partial charge on any atom is 0.123 e. The van der Waals surface area contributed by atoms with Gasteiger partial charge in [-0.3, -0.25) is 4.90 Å². The van der Waals surface area contributed by atoms with Gasteiger partial charge in [-0.05, 0) is 24.1 Å². The number of rotatable bonds is 8. The van der Waals surface area contributed by atoms with Gasteiger partial charge in [0.05, 0.1) is 18.8 Å². The highest BCUT2D eigenvalue weighted by Crippen LogP contribution is 2.32. The summed E-state index contributed by atoms with van der Waals surface area (Å²) < 4.78 is 16.2. The molecular weight excluding hydrogens is 306 g/mol. The van der Waals surface area contributed by atoms with Crippen LogP contribution in [0.5, 0.6) is 5.75 Å². The number of imidazole rings is 1. The van der Waals surface area contributed by atoms with Gasteiger partial charge in [0.1, 0.15) is 18.2 Å². The Hall–Kier alpha value is -1.89. The van der Waals surface area contributed by atoms with Gasteiger partial charge in [0.25, 0.3) is 0 Å². The summed E-state index contributed by atoms with van der Waals surface area (Å²) in [5, 5.41) is 0. The summed E-state index contributed by atoms with van der Waals surface area (Å²) >= 11 is 0. The molecule has 0 aliphatic carbocycles. The monoisotopic (exact) mass is 331 g/mol. The van der Waals surface area contributed by atoms with Crippen molar-refractivity contribution in [2.75, 3.05) is 34.0 Å². The molecular formula is C18H25N3O3. The minimum Gasteiger partial charge on any atom is -0.491 e. The number of aromatic amines is 1. The Bertz CT molecular complexity index is 600. The molecule has 0 saturated carbocycles. The molecule has 3 rings (SSSR count). The van der Waals surface area contributed by atoms with Gasteiger partial charge in [-0.15, -0.1) is 0 Å². The fourth-order valence-electron chi connectivity index (χ4n) is 3.12. The van der Waals surface area contributed by atoms with E-state index in [0.29, 0.717) is 13.2 Å². The van der Waals surface area contributed by atoms with Crippen LogP contribution < -0.4 is 4.74 Å². The second kappa shape index (κ2) is 8.28. The minimum absolute atomic E-state index is 0.247. The van der Waals surface area contributed by atoms with E-state index in [9.17, 15) is 0 Å². The summed E-state index contributed by atoms with van der Waals surface area (Å²) in [6.45, 7) is 2.94. The summed E-state index contributed by atoms with van der Waals surface area (Å²) in [6.07, 6.45) is 4.89. The standard InChI is InChI=1S/C18H25N3O3/c1-22-9-10-24-15-5-3-14(4-6-15)12-21-13-16(23-2)11-17(21)18-19-7-8-20-18/h3-8,16-17H,9-13H2,1-2H3,(H,19,20)/t16-,17?/m1/s1. The summed E-state index contributed by atoms with van der Waals surface area (Å²) in [5.74, 6) is 1.88. The lowest BCUT2D eigenvalue weighted by Crippen LogP contribution is -2.25. The van der Waals surface area contributed by atoms with Crippen molar-refractivity contribution in [1.82, 2.24) is 14.9 Å². The zero-order valence-corrected chi connectivity index (χ0v) is 14.3. The number of hydrogen-bond acceptors (Lipinski definition) is 5. The highest BCUT2D eigenvalue weighted by molar-refractivity contribution is 5.27. The van der Waals surface area contributed by atoms with E-state index in [2.05, 4.69) is 27.0 Å². The Labute approximate surface area is 142 Å². The van der Waals surface area contributed by atoms with Crippen molar-refractivity contribution in [3.05, 3.63) is 48.0 Å². The zero-order valence-electron chi connectivity index (χ0n) is 14.3. The number of benzene rings is 1. The van der Waals surface area contributed by atoms with E-state index in [1.54, 1.807) is 20.4 Å². The van der Waals surface area contributed by atoms with E-state index in [1.165, 1.54) is 5.56 Å². The smallest absolute Gasteiger partial charge is 0.123 e. The van der Waals surface area contributed by atoms with Crippen LogP contribution in [-0.2, 0) is 16.0 Å². The van der Waals surface area contributed by atoms with Gasteiger partial charge in [-0.2, -0.15) is 0 Å². The first-order valence-corrected chi connectivity index (χ1v) is 8.27. The van der Waals surface area contributed by atoms with Crippen molar-refractivity contribution in [2.45, 2.75) is 25.1 Å². The van der Waals surface area contributed by atoms with Crippen LogP contribution in [-0.4, -0.2) is 54.9 Å². The normalized spacial score (nSPS) is 21.2. The first-order valence-electron chi connectivity index (χ1n) is 8.27. The molecule has 0 amide bonds.